The molecule has 0 aromatic heterocycles. The second-order valence-corrected chi connectivity index (χ2v) is 9.10. The smallest absolute Gasteiger partial charge is 0.450 e. The van der Waals surface area contributed by atoms with Gasteiger partial charge in [-0.15, -0.1) is 0 Å². The van der Waals surface area contributed by atoms with Crippen LogP contribution in [0.5, 0.6) is 0 Å². The Morgan fingerprint density at radius 2 is 1.52 bits per heavy atom. The van der Waals surface area contributed by atoms with E-state index in [-0.39, 0.29) is 11.8 Å². The van der Waals surface area contributed by atoms with Gasteiger partial charge in [-0.05, 0) is 46.5 Å². The van der Waals surface area contributed by atoms with E-state index in [2.05, 4.69) is 5.32 Å². The van der Waals surface area contributed by atoms with Gasteiger partial charge in [0.2, 0.25) is 0 Å². The number of nitrogens with zero attached hydrogens (tertiary/aromatic N) is 1. The molecule has 166 valence electrons. The quantitative estimate of drug-likeness (QED) is 0.227. The van der Waals surface area contributed by atoms with Gasteiger partial charge >= 0.3 is 14.9 Å². The predicted octanol–water partition coefficient (Wildman–Crippen LogP) is 2.25. The molecule has 0 aliphatic carbocycles. The number of carbonyl (C=O) groups excluding carboxylic acids is 3. The number of ether oxygens (including phenoxy) is 1. The van der Waals surface area contributed by atoms with Gasteiger partial charge in [-0.1, -0.05) is 0 Å². The number of amides is 3. The summed E-state index contributed by atoms with van der Waals surface area (Å²) >= 11 is 0. The summed E-state index contributed by atoms with van der Waals surface area (Å²) < 4.78 is 22.5. The molecule has 1 rings (SSSR count). The van der Waals surface area contributed by atoms with Crippen molar-refractivity contribution in [1.82, 2.24) is 10.2 Å². The van der Waals surface area contributed by atoms with Crippen LogP contribution in [0.15, 0.2) is 12.2 Å². The SMILES string of the molecule is CCO[Si](CCCNC(=O)OCCCCCN1C(=O)C=CC1=O)(OCC)OCC. The number of alkyl carbamates (subject to hydrolysis) is 1. The minimum absolute atomic E-state index is 0.268. The van der Waals surface area contributed by atoms with Gasteiger partial charge in [-0.3, -0.25) is 14.5 Å². The molecule has 0 bridgehead atoms. The Labute approximate surface area is 174 Å². The zero-order chi connectivity index (χ0) is 21.5. The number of carbonyl (C=O) groups is 3. The molecule has 10 heteroatoms. The van der Waals surface area contributed by atoms with E-state index < -0.39 is 14.9 Å². The third kappa shape index (κ3) is 9.53. The monoisotopic (exact) mass is 430 g/mol. The van der Waals surface area contributed by atoms with Crippen LogP contribution in [-0.2, 0) is 27.6 Å². The second kappa shape index (κ2) is 14.3. The van der Waals surface area contributed by atoms with Gasteiger partial charge in [0.1, 0.15) is 0 Å². The van der Waals surface area contributed by atoms with Crippen LogP contribution < -0.4 is 5.32 Å². The minimum Gasteiger partial charge on any atom is -0.450 e. The molecule has 0 spiro atoms. The van der Waals surface area contributed by atoms with Crippen LogP contribution >= 0.6 is 0 Å². The molecule has 1 aliphatic rings. The van der Waals surface area contributed by atoms with Gasteiger partial charge < -0.3 is 23.3 Å². The molecule has 0 aromatic carbocycles. The maximum Gasteiger partial charge on any atom is 0.500 e. The van der Waals surface area contributed by atoms with Gasteiger partial charge in [0, 0.05) is 51.1 Å². The van der Waals surface area contributed by atoms with Crippen LogP contribution in [0, 0.1) is 0 Å². The summed E-state index contributed by atoms with van der Waals surface area (Å²) in [6, 6.07) is 0.631. The molecule has 1 aliphatic heterocycles. The molecule has 3 amide bonds. The lowest BCUT2D eigenvalue weighted by Crippen LogP contribution is -2.46. The number of nitrogens with one attached hydrogen (secondary N) is 1. The Hall–Kier alpha value is -1.75. The third-order valence-corrected chi connectivity index (χ3v) is 7.33. The maximum atomic E-state index is 11.8. The molecule has 9 nitrogen and oxygen atoms in total. The first-order chi connectivity index (χ1) is 14.0. The highest BCUT2D eigenvalue weighted by molar-refractivity contribution is 6.60. The first-order valence-corrected chi connectivity index (χ1v) is 12.3. The molecule has 0 unspecified atom stereocenters. The van der Waals surface area contributed by atoms with Crippen LogP contribution in [0.4, 0.5) is 4.79 Å². The van der Waals surface area contributed by atoms with E-state index in [1.165, 1.54) is 17.1 Å². The number of unbranched alkanes of at least 4 members (excludes halogenated alkanes) is 2. The molecule has 1 heterocycles. The van der Waals surface area contributed by atoms with Crippen LogP contribution in [0.25, 0.3) is 0 Å². The van der Waals surface area contributed by atoms with Crippen molar-refractivity contribution in [3.05, 3.63) is 12.2 Å². The summed E-state index contributed by atoms with van der Waals surface area (Å²) in [7, 11) is -2.68. The largest absolute Gasteiger partial charge is 0.500 e. The maximum absolute atomic E-state index is 11.8. The van der Waals surface area contributed by atoms with E-state index in [0.717, 1.165) is 6.42 Å². The van der Waals surface area contributed by atoms with Crippen LogP contribution in [-0.4, -0.2) is 71.1 Å². The average Bonchev–Trinajstić information content (AvgIpc) is 3.00. The van der Waals surface area contributed by atoms with Crippen molar-refractivity contribution in [1.29, 1.82) is 0 Å². The normalized spacial score (nSPS) is 14.0. The Bertz CT molecular complexity index is 522. The molecular weight excluding hydrogens is 396 g/mol. The molecule has 0 saturated carbocycles. The lowest BCUT2D eigenvalue weighted by molar-refractivity contribution is -0.136. The van der Waals surface area contributed by atoms with Crippen molar-refractivity contribution in [3.63, 3.8) is 0 Å². The standard InChI is InChI=1S/C19H34N2O7Si/c1-4-26-29(27-5-2,28-6-3)16-10-13-20-19(24)25-15-9-7-8-14-21-17(22)11-12-18(21)23/h11-12H,4-10,13-16H2,1-3H3,(H,20,24). The Morgan fingerprint density at radius 3 is 2.07 bits per heavy atom. The summed E-state index contributed by atoms with van der Waals surface area (Å²) in [5, 5.41) is 2.72. The van der Waals surface area contributed by atoms with Crippen LogP contribution in [0.2, 0.25) is 6.04 Å². The second-order valence-electron chi connectivity index (χ2n) is 6.37. The Morgan fingerprint density at radius 1 is 0.931 bits per heavy atom. The van der Waals surface area contributed by atoms with Gasteiger partial charge in [-0.25, -0.2) is 4.79 Å². The highest BCUT2D eigenvalue weighted by Gasteiger charge is 2.39. The highest BCUT2D eigenvalue weighted by atomic mass is 28.4. The molecule has 0 atom stereocenters. The predicted molar refractivity (Wildman–Crippen MR) is 109 cm³/mol. The topological polar surface area (TPSA) is 103 Å². The van der Waals surface area contributed by atoms with Crippen LogP contribution in [0.3, 0.4) is 0 Å². The van der Waals surface area contributed by atoms with Gasteiger partial charge in [-0.2, -0.15) is 0 Å². The first kappa shape index (κ1) is 25.3. The number of hydrogen-bond donors (Lipinski definition) is 1. The number of imide groups is 1. The summed E-state index contributed by atoms with van der Waals surface area (Å²) in [6.45, 7) is 8.44. The van der Waals surface area contributed by atoms with Crippen LogP contribution in [0.1, 0.15) is 46.5 Å². The molecule has 1 N–H and O–H groups in total. The van der Waals surface area contributed by atoms with Crippen molar-refractivity contribution in [2.75, 3.05) is 39.5 Å². The van der Waals surface area contributed by atoms with E-state index in [1.807, 2.05) is 20.8 Å². The third-order valence-electron chi connectivity index (χ3n) is 4.18. The summed E-state index contributed by atoms with van der Waals surface area (Å²) in [6.07, 6.45) is 4.88. The molecule has 0 fully saturated rings. The van der Waals surface area contributed by atoms with Crippen molar-refractivity contribution in [3.8, 4) is 0 Å². The lowest BCUT2D eigenvalue weighted by Gasteiger charge is -2.28. The van der Waals surface area contributed by atoms with Crippen molar-refractivity contribution >= 4 is 26.7 Å². The summed E-state index contributed by atoms with van der Waals surface area (Å²) in [5.41, 5.74) is 0. The minimum atomic E-state index is -2.68. The van der Waals surface area contributed by atoms with E-state index >= 15 is 0 Å². The van der Waals surface area contributed by atoms with E-state index in [4.69, 9.17) is 18.0 Å². The van der Waals surface area contributed by atoms with E-state index in [1.54, 1.807) is 0 Å². The zero-order valence-corrected chi connectivity index (χ0v) is 18.7. The van der Waals surface area contributed by atoms with E-state index in [9.17, 15) is 14.4 Å². The van der Waals surface area contributed by atoms with Crippen molar-refractivity contribution in [2.45, 2.75) is 52.5 Å². The Kier molecular flexibility index (Phi) is 12.4. The lowest BCUT2D eigenvalue weighted by atomic mass is 10.2. The highest BCUT2D eigenvalue weighted by Crippen LogP contribution is 2.17. The molecular formula is C19H34N2O7Si. The van der Waals surface area contributed by atoms with Crippen molar-refractivity contribution in [2.24, 2.45) is 0 Å². The van der Waals surface area contributed by atoms with Gasteiger partial charge in [0.15, 0.2) is 0 Å². The molecule has 0 radical (unpaired) electrons. The number of hydrogen-bond acceptors (Lipinski definition) is 7. The molecule has 29 heavy (non-hydrogen) atoms. The fraction of sp³-hybridized carbons (Fsp3) is 0.737. The fourth-order valence-electron chi connectivity index (χ4n) is 2.91. The van der Waals surface area contributed by atoms with Gasteiger partial charge in [0.05, 0.1) is 6.61 Å². The van der Waals surface area contributed by atoms with Gasteiger partial charge in [0.25, 0.3) is 11.8 Å². The molecule has 0 aromatic rings. The summed E-state index contributed by atoms with van der Waals surface area (Å²) in [5.74, 6) is -0.536. The molecule has 0 saturated heterocycles. The first-order valence-electron chi connectivity index (χ1n) is 10.3. The van der Waals surface area contributed by atoms with Crippen molar-refractivity contribution < 1.29 is 32.4 Å². The van der Waals surface area contributed by atoms with E-state index in [0.29, 0.717) is 64.8 Å². The summed E-state index contributed by atoms with van der Waals surface area (Å²) in [4.78, 5) is 35.8. The fourth-order valence-corrected chi connectivity index (χ4v) is 5.53. The Balaban J connectivity index is 2.11. The number of rotatable bonds is 16. The average molecular weight is 431 g/mol. The zero-order valence-electron chi connectivity index (χ0n) is 17.7.